The van der Waals surface area contributed by atoms with E-state index in [9.17, 15) is 4.79 Å². The van der Waals surface area contributed by atoms with Crippen LogP contribution in [0, 0.1) is 11.8 Å². The highest BCUT2D eigenvalue weighted by atomic mass is 16.5. The normalized spacial score (nSPS) is 38.6. The van der Waals surface area contributed by atoms with Crippen molar-refractivity contribution in [3.8, 4) is 0 Å². The van der Waals surface area contributed by atoms with E-state index >= 15 is 0 Å². The Kier molecular flexibility index (Phi) is 3.69. The second-order valence-corrected chi connectivity index (χ2v) is 5.20. The Morgan fingerprint density at radius 2 is 2.00 bits per heavy atom. The summed E-state index contributed by atoms with van der Waals surface area (Å²) in [7, 11) is 0. The number of carbonyl (C=O) groups is 1. The summed E-state index contributed by atoms with van der Waals surface area (Å²) < 4.78 is 5.22. The Hall–Kier alpha value is -0.770. The van der Waals surface area contributed by atoms with Crippen LogP contribution in [-0.2, 0) is 4.74 Å². The van der Waals surface area contributed by atoms with Crippen molar-refractivity contribution in [1.82, 2.24) is 10.6 Å². The molecule has 0 spiro atoms. The highest BCUT2D eigenvalue weighted by molar-refractivity contribution is 5.74. The van der Waals surface area contributed by atoms with Gasteiger partial charge in [0.05, 0.1) is 12.6 Å². The molecule has 0 bridgehead atoms. The van der Waals surface area contributed by atoms with Gasteiger partial charge in [-0.25, -0.2) is 4.79 Å². The first-order valence-corrected chi connectivity index (χ1v) is 6.31. The predicted molar refractivity (Wildman–Crippen MR) is 62.2 cm³/mol. The second kappa shape index (κ2) is 5.04. The zero-order valence-electron chi connectivity index (χ0n) is 10.2. The van der Waals surface area contributed by atoms with Crippen LogP contribution in [-0.4, -0.2) is 31.3 Å². The Morgan fingerprint density at radius 3 is 2.56 bits per heavy atom. The zero-order valence-corrected chi connectivity index (χ0v) is 10.2. The summed E-state index contributed by atoms with van der Waals surface area (Å²) >= 11 is 0. The van der Waals surface area contributed by atoms with Crippen LogP contribution in [0.3, 0.4) is 0 Å². The van der Waals surface area contributed by atoms with Gasteiger partial charge in [0, 0.05) is 12.6 Å². The standard InChI is InChI=1S/C12H22N2O2/c1-8-3-4-11(9(8)2)14-12(15)13-10-5-6-16-7-10/h8-11H,3-7H2,1-2H3,(H2,13,14,15). The van der Waals surface area contributed by atoms with E-state index in [1.54, 1.807) is 0 Å². The summed E-state index contributed by atoms with van der Waals surface area (Å²) in [4.78, 5) is 11.7. The van der Waals surface area contributed by atoms with E-state index in [1.165, 1.54) is 6.42 Å². The molecule has 92 valence electrons. The van der Waals surface area contributed by atoms with Crippen molar-refractivity contribution in [3.63, 3.8) is 0 Å². The van der Waals surface area contributed by atoms with Gasteiger partial charge in [-0.1, -0.05) is 13.8 Å². The zero-order chi connectivity index (χ0) is 11.5. The minimum atomic E-state index is -0.0264. The predicted octanol–water partition coefficient (Wildman–Crippen LogP) is 1.51. The van der Waals surface area contributed by atoms with Crippen LogP contribution in [0.1, 0.15) is 33.1 Å². The second-order valence-electron chi connectivity index (χ2n) is 5.20. The van der Waals surface area contributed by atoms with Crippen molar-refractivity contribution in [2.75, 3.05) is 13.2 Å². The molecule has 1 aliphatic heterocycles. The largest absolute Gasteiger partial charge is 0.379 e. The molecule has 4 unspecified atom stereocenters. The lowest BCUT2D eigenvalue weighted by molar-refractivity contribution is 0.187. The fraction of sp³-hybridized carbons (Fsp3) is 0.917. The number of hydrogen-bond acceptors (Lipinski definition) is 2. The smallest absolute Gasteiger partial charge is 0.315 e. The summed E-state index contributed by atoms with van der Waals surface area (Å²) in [6, 6.07) is 0.521. The molecule has 4 nitrogen and oxygen atoms in total. The fourth-order valence-electron chi connectivity index (χ4n) is 2.61. The van der Waals surface area contributed by atoms with Crippen molar-refractivity contribution in [1.29, 1.82) is 0 Å². The van der Waals surface area contributed by atoms with Crippen molar-refractivity contribution >= 4 is 6.03 Å². The van der Waals surface area contributed by atoms with Gasteiger partial charge in [-0.3, -0.25) is 0 Å². The van der Waals surface area contributed by atoms with E-state index < -0.39 is 0 Å². The first-order valence-electron chi connectivity index (χ1n) is 6.31. The Labute approximate surface area is 97.1 Å². The maximum Gasteiger partial charge on any atom is 0.315 e. The molecule has 2 rings (SSSR count). The van der Waals surface area contributed by atoms with Crippen molar-refractivity contribution in [3.05, 3.63) is 0 Å². The first-order chi connectivity index (χ1) is 7.66. The average Bonchev–Trinajstić information content (AvgIpc) is 2.83. The number of urea groups is 1. The summed E-state index contributed by atoms with van der Waals surface area (Å²) in [6.07, 6.45) is 3.26. The van der Waals surface area contributed by atoms with Gasteiger partial charge in [0.1, 0.15) is 0 Å². The Morgan fingerprint density at radius 1 is 1.19 bits per heavy atom. The number of hydrogen-bond donors (Lipinski definition) is 2. The van der Waals surface area contributed by atoms with E-state index in [2.05, 4.69) is 24.5 Å². The maximum absolute atomic E-state index is 11.7. The van der Waals surface area contributed by atoms with Gasteiger partial charge in [0.25, 0.3) is 0 Å². The van der Waals surface area contributed by atoms with Gasteiger partial charge in [-0.15, -0.1) is 0 Å². The van der Waals surface area contributed by atoms with E-state index in [0.29, 0.717) is 18.6 Å². The van der Waals surface area contributed by atoms with Crippen LogP contribution in [0.25, 0.3) is 0 Å². The Bertz CT molecular complexity index is 251. The summed E-state index contributed by atoms with van der Waals surface area (Å²) in [5.41, 5.74) is 0. The van der Waals surface area contributed by atoms with Crippen LogP contribution in [0.15, 0.2) is 0 Å². The maximum atomic E-state index is 11.7. The molecule has 2 amide bonds. The molecule has 1 heterocycles. The molecule has 2 aliphatic rings. The molecule has 1 aliphatic carbocycles. The third-order valence-electron chi connectivity index (χ3n) is 4.05. The lowest BCUT2D eigenvalue weighted by atomic mass is 9.98. The quantitative estimate of drug-likeness (QED) is 0.750. The first kappa shape index (κ1) is 11.7. The third kappa shape index (κ3) is 2.67. The minimum absolute atomic E-state index is 0.0264. The number of carbonyl (C=O) groups excluding carboxylic acids is 1. The van der Waals surface area contributed by atoms with Gasteiger partial charge in [-0.2, -0.15) is 0 Å². The molecule has 1 saturated heterocycles. The molecule has 0 radical (unpaired) electrons. The molecule has 16 heavy (non-hydrogen) atoms. The lowest BCUT2D eigenvalue weighted by Gasteiger charge is -2.21. The molecule has 0 aromatic heterocycles. The topological polar surface area (TPSA) is 50.4 Å². The lowest BCUT2D eigenvalue weighted by Crippen LogP contribution is -2.47. The number of nitrogens with one attached hydrogen (secondary N) is 2. The third-order valence-corrected chi connectivity index (χ3v) is 4.05. The molecule has 1 saturated carbocycles. The Balaban J connectivity index is 1.74. The summed E-state index contributed by atoms with van der Waals surface area (Å²) in [5.74, 6) is 1.31. The van der Waals surface area contributed by atoms with Gasteiger partial charge >= 0.3 is 6.03 Å². The minimum Gasteiger partial charge on any atom is -0.379 e. The van der Waals surface area contributed by atoms with Crippen LogP contribution < -0.4 is 10.6 Å². The highest BCUT2D eigenvalue weighted by Crippen LogP contribution is 2.30. The molecule has 2 fully saturated rings. The van der Waals surface area contributed by atoms with Crippen LogP contribution in [0.2, 0.25) is 0 Å². The van der Waals surface area contributed by atoms with E-state index in [0.717, 1.165) is 25.4 Å². The summed E-state index contributed by atoms with van der Waals surface area (Å²) in [5, 5.41) is 6.05. The molecule has 4 atom stereocenters. The molecule has 4 heteroatoms. The van der Waals surface area contributed by atoms with Crippen molar-refractivity contribution in [2.24, 2.45) is 11.8 Å². The molecular weight excluding hydrogens is 204 g/mol. The van der Waals surface area contributed by atoms with Crippen LogP contribution in [0.5, 0.6) is 0 Å². The average molecular weight is 226 g/mol. The number of ether oxygens (including phenoxy) is 1. The van der Waals surface area contributed by atoms with Gasteiger partial charge in [-0.05, 0) is 31.1 Å². The van der Waals surface area contributed by atoms with E-state index in [1.807, 2.05) is 0 Å². The van der Waals surface area contributed by atoms with Gasteiger partial charge in [0.2, 0.25) is 0 Å². The number of rotatable bonds is 2. The van der Waals surface area contributed by atoms with Crippen molar-refractivity contribution in [2.45, 2.75) is 45.2 Å². The molecule has 0 aromatic carbocycles. The van der Waals surface area contributed by atoms with E-state index in [4.69, 9.17) is 4.74 Å². The highest BCUT2D eigenvalue weighted by Gasteiger charge is 2.31. The van der Waals surface area contributed by atoms with Crippen molar-refractivity contribution < 1.29 is 9.53 Å². The monoisotopic (exact) mass is 226 g/mol. The van der Waals surface area contributed by atoms with Gasteiger partial charge < -0.3 is 15.4 Å². The van der Waals surface area contributed by atoms with E-state index in [-0.39, 0.29) is 12.1 Å². The summed E-state index contributed by atoms with van der Waals surface area (Å²) in [6.45, 7) is 5.90. The number of amides is 2. The fourth-order valence-corrected chi connectivity index (χ4v) is 2.61. The molecular formula is C12H22N2O2. The SMILES string of the molecule is CC1CCC(NC(=O)NC2CCOC2)C1C. The van der Waals surface area contributed by atoms with Gasteiger partial charge in [0.15, 0.2) is 0 Å². The van der Waals surface area contributed by atoms with Crippen LogP contribution >= 0.6 is 0 Å². The van der Waals surface area contributed by atoms with Crippen LogP contribution in [0.4, 0.5) is 4.79 Å². The molecule has 0 aromatic rings. The molecule has 2 N–H and O–H groups in total.